The molecule has 3 nitrogen and oxygen atoms in total. The number of amides is 1. The predicted octanol–water partition coefficient (Wildman–Crippen LogP) is 3.53. The van der Waals surface area contributed by atoms with Crippen molar-refractivity contribution in [3.05, 3.63) is 27.1 Å². The molecule has 0 saturated heterocycles. The Balaban J connectivity index is 2.68. The first-order chi connectivity index (χ1) is 8.06. The summed E-state index contributed by atoms with van der Waals surface area (Å²) in [5.41, 5.74) is 6.21. The van der Waals surface area contributed by atoms with Crippen molar-refractivity contribution in [2.24, 2.45) is 11.7 Å². The SMILES string of the molecule is CC(CCCN)C(=O)Nc1c(Br)cccc1Br. The maximum absolute atomic E-state index is 11.9. The molecule has 5 heteroatoms. The molecule has 1 aromatic carbocycles. The van der Waals surface area contributed by atoms with E-state index in [4.69, 9.17) is 5.73 Å². The molecule has 1 rings (SSSR count). The molecule has 17 heavy (non-hydrogen) atoms. The zero-order valence-corrected chi connectivity index (χ0v) is 12.8. The highest BCUT2D eigenvalue weighted by Gasteiger charge is 2.15. The van der Waals surface area contributed by atoms with E-state index in [0.29, 0.717) is 6.54 Å². The van der Waals surface area contributed by atoms with Crippen LogP contribution in [-0.2, 0) is 4.79 Å². The third-order valence-corrected chi connectivity index (χ3v) is 3.82. The molecule has 0 aliphatic carbocycles. The van der Waals surface area contributed by atoms with Crippen molar-refractivity contribution in [2.75, 3.05) is 11.9 Å². The molecule has 3 N–H and O–H groups in total. The lowest BCUT2D eigenvalue weighted by atomic mass is 10.0. The predicted molar refractivity (Wildman–Crippen MR) is 77.9 cm³/mol. The average molecular weight is 364 g/mol. The Bertz CT molecular complexity index is 376. The number of nitrogens with one attached hydrogen (secondary N) is 1. The maximum Gasteiger partial charge on any atom is 0.227 e. The first-order valence-corrected chi connectivity index (χ1v) is 7.09. The molecule has 1 unspecified atom stereocenters. The van der Waals surface area contributed by atoms with E-state index in [9.17, 15) is 4.79 Å². The molecule has 0 bridgehead atoms. The molecular weight excluding hydrogens is 348 g/mol. The van der Waals surface area contributed by atoms with Gasteiger partial charge in [0.15, 0.2) is 0 Å². The largest absolute Gasteiger partial charge is 0.330 e. The van der Waals surface area contributed by atoms with Crippen LogP contribution >= 0.6 is 31.9 Å². The van der Waals surface area contributed by atoms with Crippen LogP contribution in [0.4, 0.5) is 5.69 Å². The van der Waals surface area contributed by atoms with Gasteiger partial charge < -0.3 is 11.1 Å². The highest BCUT2D eigenvalue weighted by atomic mass is 79.9. The van der Waals surface area contributed by atoms with Crippen molar-refractivity contribution >= 4 is 43.5 Å². The summed E-state index contributed by atoms with van der Waals surface area (Å²) >= 11 is 6.83. The number of para-hydroxylation sites is 1. The molecule has 0 saturated carbocycles. The minimum absolute atomic E-state index is 0.0195. The van der Waals surface area contributed by atoms with Crippen LogP contribution in [0, 0.1) is 5.92 Å². The Morgan fingerprint density at radius 2 is 2.00 bits per heavy atom. The van der Waals surface area contributed by atoms with Crippen molar-refractivity contribution in [1.29, 1.82) is 0 Å². The number of benzene rings is 1. The van der Waals surface area contributed by atoms with Crippen molar-refractivity contribution in [2.45, 2.75) is 19.8 Å². The Morgan fingerprint density at radius 1 is 1.41 bits per heavy atom. The number of rotatable bonds is 5. The van der Waals surface area contributed by atoms with E-state index >= 15 is 0 Å². The molecule has 0 spiro atoms. The van der Waals surface area contributed by atoms with Crippen LogP contribution in [0.25, 0.3) is 0 Å². The van der Waals surface area contributed by atoms with Gasteiger partial charge in [-0.25, -0.2) is 0 Å². The van der Waals surface area contributed by atoms with E-state index in [1.165, 1.54) is 0 Å². The first-order valence-electron chi connectivity index (χ1n) is 5.51. The summed E-state index contributed by atoms with van der Waals surface area (Å²) in [6, 6.07) is 5.69. The number of halogens is 2. The molecular formula is C12H16Br2N2O. The molecule has 0 fully saturated rings. The highest BCUT2D eigenvalue weighted by Crippen LogP contribution is 2.31. The molecule has 0 aliphatic heterocycles. The average Bonchev–Trinajstić information content (AvgIpc) is 2.30. The van der Waals surface area contributed by atoms with Gasteiger partial charge in [0.25, 0.3) is 0 Å². The van der Waals surface area contributed by atoms with Gasteiger partial charge >= 0.3 is 0 Å². The second kappa shape index (κ2) is 7.13. The van der Waals surface area contributed by atoms with Crippen molar-refractivity contribution in [3.63, 3.8) is 0 Å². The Hall–Kier alpha value is -0.390. The van der Waals surface area contributed by atoms with E-state index in [0.717, 1.165) is 27.5 Å². The van der Waals surface area contributed by atoms with Gasteiger partial charge in [-0.3, -0.25) is 4.79 Å². The molecule has 1 aromatic rings. The van der Waals surface area contributed by atoms with Crippen LogP contribution in [0.3, 0.4) is 0 Å². The van der Waals surface area contributed by atoms with Crippen LogP contribution in [0.2, 0.25) is 0 Å². The van der Waals surface area contributed by atoms with Crippen LogP contribution in [0.1, 0.15) is 19.8 Å². The van der Waals surface area contributed by atoms with Gasteiger partial charge in [0.05, 0.1) is 5.69 Å². The van der Waals surface area contributed by atoms with Gasteiger partial charge in [0.2, 0.25) is 5.91 Å². The van der Waals surface area contributed by atoms with Crippen molar-refractivity contribution in [1.82, 2.24) is 0 Å². The minimum Gasteiger partial charge on any atom is -0.330 e. The van der Waals surface area contributed by atoms with Gasteiger partial charge in [-0.1, -0.05) is 13.0 Å². The van der Waals surface area contributed by atoms with E-state index in [1.54, 1.807) is 0 Å². The second-order valence-corrected chi connectivity index (χ2v) is 5.63. The lowest BCUT2D eigenvalue weighted by molar-refractivity contribution is -0.119. The van der Waals surface area contributed by atoms with Crippen LogP contribution in [-0.4, -0.2) is 12.5 Å². The summed E-state index contributed by atoms with van der Waals surface area (Å²) in [4.78, 5) is 11.9. The molecule has 0 radical (unpaired) electrons. The smallest absolute Gasteiger partial charge is 0.227 e. The molecule has 1 amide bonds. The van der Waals surface area contributed by atoms with E-state index in [1.807, 2.05) is 25.1 Å². The third kappa shape index (κ3) is 4.41. The van der Waals surface area contributed by atoms with Crippen LogP contribution in [0.5, 0.6) is 0 Å². The summed E-state index contributed by atoms with van der Waals surface area (Å²) in [6.07, 6.45) is 1.68. The van der Waals surface area contributed by atoms with Crippen molar-refractivity contribution < 1.29 is 4.79 Å². The van der Waals surface area contributed by atoms with Gasteiger partial charge in [-0.05, 0) is 63.4 Å². The van der Waals surface area contributed by atoms with Gasteiger partial charge in [-0.2, -0.15) is 0 Å². The fourth-order valence-electron chi connectivity index (χ4n) is 1.42. The molecule has 94 valence electrons. The summed E-state index contributed by atoms with van der Waals surface area (Å²) in [5.74, 6) is -0.0105. The number of hydrogen-bond donors (Lipinski definition) is 2. The molecule has 0 aromatic heterocycles. The monoisotopic (exact) mass is 362 g/mol. The lowest BCUT2D eigenvalue weighted by Gasteiger charge is -2.14. The highest BCUT2D eigenvalue weighted by molar-refractivity contribution is 9.11. The summed E-state index contributed by atoms with van der Waals surface area (Å²) < 4.78 is 1.73. The lowest BCUT2D eigenvalue weighted by Crippen LogP contribution is -2.21. The van der Waals surface area contributed by atoms with Crippen LogP contribution < -0.4 is 11.1 Å². The molecule has 0 heterocycles. The normalized spacial score (nSPS) is 12.2. The minimum atomic E-state index is -0.0300. The number of anilines is 1. The quantitative estimate of drug-likeness (QED) is 0.840. The zero-order valence-electron chi connectivity index (χ0n) is 9.67. The van der Waals surface area contributed by atoms with Gasteiger partial charge in [0.1, 0.15) is 0 Å². The van der Waals surface area contributed by atoms with Gasteiger partial charge in [0, 0.05) is 14.9 Å². The molecule has 0 aliphatic rings. The summed E-state index contributed by atoms with van der Waals surface area (Å²) in [6.45, 7) is 2.53. The van der Waals surface area contributed by atoms with E-state index < -0.39 is 0 Å². The van der Waals surface area contributed by atoms with Crippen molar-refractivity contribution in [3.8, 4) is 0 Å². The first kappa shape index (κ1) is 14.7. The topological polar surface area (TPSA) is 55.1 Å². The fourth-order valence-corrected chi connectivity index (χ4v) is 2.62. The zero-order chi connectivity index (χ0) is 12.8. The summed E-state index contributed by atoms with van der Waals surface area (Å²) in [7, 11) is 0. The van der Waals surface area contributed by atoms with Gasteiger partial charge in [-0.15, -0.1) is 0 Å². The van der Waals surface area contributed by atoms with E-state index in [2.05, 4.69) is 37.2 Å². The Labute approximate surface area is 118 Å². The second-order valence-electron chi connectivity index (χ2n) is 3.92. The fraction of sp³-hybridized carbons (Fsp3) is 0.417. The number of carbonyl (C=O) groups is 1. The summed E-state index contributed by atoms with van der Waals surface area (Å²) in [5, 5.41) is 2.91. The maximum atomic E-state index is 11.9. The standard InChI is InChI=1S/C12H16Br2N2O/c1-8(4-3-7-15)12(17)16-11-9(13)5-2-6-10(11)14/h2,5-6,8H,3-4,7,15H2,1H3,(H,16,17). The number of hydrogen-bond acceptors (Lipinski definition) is 2. The van der Waals surface area contributed by atoms with E-state index in [-0.39, 0.29) is 11.8 Å². The molecule has 1 atom stereocenters. The number of nitrogens with two attached hydrogens (primary N) is 1. The Morgan fingerprint density at radius 3 is 2.53 bits per heavy atom. The third-order valence-electron chi connectivity index (χ3n) is 2.50. The van der Waals surface area contributed by atoms with Crippen LogP contribution in [0.15, 0.2) is 27.1 Å². The Kier molecular flexibility index (Phi) is 6.16. The number of carbonyl (C=O) groups excluding carboxylic acids is 1.